The number of nitrogens with one attached hydrogen (secondary N) is 2. The molecule has 2 aromatic heterocycles. The summed E-state index contributed by atoms with van der Waals surface area (Å²) in [4.78, 5) is 9.00. The number of alkyl halides is 3. The van der Waals surface area contributed by atoms with Crippen LogP contribution in [0.2, 0.25) is 0 Å². The third-order valence-electron chi connectivity index (χ3n) is 3.60. The number of aliphatic imine (C=N–C) groups is 1. The van der Waals surface area contributed by atoms with Gasteiger partial charge in [-0.2, -0.15) is 13.2 Å². The molecule has 0 aliphatic heterocycles. The molecule has 1 unspecified atom stereocenters. The first-order chi connectivity index (χ1) is 13.2. The number of hydrogen-bond acceptors (Lipinski definition) is 5. The molecule has 0 aliphatic carbocycles. The fraction of sp³-hybridized carbons (Fsp3) is 0.444. The van der Waals surface area contributed by atoms with Gasteiger partial charge in [0.2, 0.25) is 5.88 Å². The molecule has 0 aromatic carbocycles. The Hall–Kier alpha value is -1.60. The van der Waals surface area contributed by atoms with Gasteiger partial charge in [-0.05, 0) is 36.9 Å². The summed E-state index contributed by atoms with van der Waals surface area (Å²) in [5.74, 6) is 0.373. The minimum absolute atomic E-state index is 0. The van der Waals surface area contributed by atoms with E-state index < -0.39 is 18.4 Å². The molecule has 0 spiro atoms. The standard InChI is InChI=1S/C18H23F3N4O2S.HI/c1-3-22-16(25-11-17(2,26)14-5-4-8-28-14)24-10-13-6-7-23-15(9-13)27-12-18(19,20)21;/h4-9,26H,3,10-12H2,1-2H3,(H2,22,24,25);1H. The molecule has 0 bridgehead atoms. The van der Waals surface area contributed by atoms with E-state index in [1.54, 1.807) is 13.0 Å². The third kappa shape index (κ3) is 9.17. The molecular formula is C18H24F3IN4O2S. The number of halogens is 4. The van der Waals surface area contributed by atoms with Crippen LogP contribution in [0, 0.1) is 0 Å². The Morgan fingerprint density at radius 3 is 2.69 bits per heavy atom. The molecule has 6 nitrogen and oxygen atoms in total. The van der Waals surface area contributed by atoms with Crippen molar-refractivity contribution in [2.45, 2.75) is 32.2 Å². The molecule has 162 valence electrons. The van der Waals surface area contributed by atoms with E-state index in [2.05, 4.69) is 25.3 Å². The molecule has 0 saturated carbocycles. The van der Waals surface area contributed by atoms with Crippen LogP contribution < -0.4 is 15.4 Å². The number of rotatable bonds is 8. The summed E-state index contributed by atoms with van der Waals surface area (Å²) in [6.45, 7) is 3.29. The summed E-state index contributed by atoms with van der Waals surface area (Å²) in [5, 5.41) is 18.6. The van der Waals surface area contributed by atoms with Gasteiger partial charge >= 0.3 is 6.18 Å². The molecule has 29 heavy (non-hydrogen) atoms. The highest BCUT2D eigenvalue weighted by atomic mass is 127. The first kappa shape index (κ1) is 25.4. The summed E-state index contributed by atoms with van der Waals surface area (Å²) in [6.07, 6.45) is -3.05. The van der Waals surface area contributed by atoms with Crippen LogP contribution >= 0.6 is 35.3 Å². The first-order valence-corrected chi connectivity index (χ1v) is 9.50. The lowest BCUT2D eigenvalue weighted by Crippen LogP contribution is -2.44. The zero-order valence-corrected chi connectivity index (χ0v) is 19.1. The molecule has 0 amide bonds. The lowest BCUT2D eigenvalue weighted by atomic mass is 10.1. The normalized spacial score (nSPS) is 13.9. The molecular weight excluding hydrogens is 520 g/mol. The highest BCUT2D eigenvalue weighted by molar-refractivity contribution is 14.0. The number of aromatic nitrogens is 1. The van der Waals surface area contributed by atoms with Crippen LogP contribution in [0.15, 0.2) is 40.8 Å². The summed E-state index contributed by atoms with van der Waals surface area (Å²) in [7, 11) is 0. The van der Waals surface area contributed by atoms with Crippen LogP contribution in [-0.2, 0) is 12.1 Å². The maximum absolute atomic E-state index is 12.3. The predicted molar refractivity (Wildman–Crippen MR) is 118 cm³/mol. The Balaban J connectivity index is 0.00000420. The van der Waals surface area contributed by atoms with Crippen LogP contribution in [0.25, 0.3) is 0 Å². The van der Waals surface area contributed by atoms with Gasteiger partial charge in [-0.25, -0.2) is 9.98 Å². The van der Waals surface area contributed by atoms with E-state index in [0.717, 1.165) is 4.88 Å². The van der Waals surface area contributed by atoms with Crippen molar-refractivity contribution in [2.24, 2.45) is 4.99 Å². The van der Waals surface area contributed by atoms with Crippen molar-refractivity contribution in [2.75, 3.05) is 19.7 Å². The van der Waals surface area contributed by atoms with Gasteiger partial charge in [-0.1, -0.05) is 6.07 Å². The highest BCUT2D eigenvalue weighted by Gasteiger charge is 2.28. The van der Waals surface area contributed by atoms with Crippen molar-refractivity contribution in [3.63, 3.8) is 0 Å². The zero-order chi connectivity index (χ0) is 20.6. The fourth-order valence-electron chi connectivity index (χ4n) is 2.22. The first-order valence-electron chi connectivity index (χ1n) is 8.62. The monoisotopic (exact) mass is 544 g/mol. The lowest BCUT2D eigenvalue weighted by Gasteiger charge is -2.23. The Labute approximate surface area is 188 Å². The van der Waals surface area contributed by atoms with Crippen LogP contribution in [0.3, 0.4) is 0 Å². The molecule has 0 radical (unpaired) electrons. The molecule has 2 heterocycles. The maximum atomic E-state index is 12.3. The van der Waals surface area contributed by atoms with E-state index in [1.807, 2.05) is 24.4 Å². The molecule has 0 aliphatic rings. The van der Waals surface area contributed by atoms with Gasteiger partial charge in [0.25, 0.3) is 0 Å². The number of pyridine rings is 1. The second kappa shape index (κ2) is 11.6. The van der Waals surface area contributed by atoms with E-state index in [9.17, 15) is 18.3 Å². The predicted octanol–water partition coefficient (Wildman–Crippen LogP) is 3.67. The fourth-order valence-corrected chi connectivity index (χ4v) is 3.01. The number of ether oxygens (including phenoxy) is 1. The number of nitrogens with zero attached hydrogens (tertiary/aromatic N) is 2. The number of aliphatic hydroxyl groups is 1. The summed E-state index contributed by atoms with van der Waals surface area (Å²) in [6, 6.07) is 6.79. The highest BCUT2D eigenvalue weighted by Crippen LogP contribution is 2.24. The Morgan fingerprint density at radius 1 is 1.31 bits per heavy atom. The van der Waals surface area contributed by atoms with E-state index >= 15 is 0 Å². The Morgan fingerprint density at radius 2 is 2.07 bits per heavy atom. The number of thiophene rings is 1. The molecule has 3 N–H and O–H groups in total. The second-order valence-electron chi connectivity index (χ2n) is 6.21. The molecule has 11 heteroatoms. The summed E-state index contributed by atoms with van der Waals surface area (Å²) in [5.41, 5.74) is -0.408. The van der Waals surface area contributed by atoms with Crippen molar-refractivity contribution >= 4 is 41.3 Å². The SMILES string of the molecule is CCNC(=NCc1ccnc(OCC(F)(F)F)c1)NCC(C)(O)c1cccs1.I. The van der Waals surface area contributed by atoms with E-state index in [0.29, 0.717) is 18.1 Å². The minimum Gasteiger partial charge on any atom is -0.468 e. The number of hydrogen-bond donors (Lipinski definition) is 3. The maximum Gasteiger partial charge on any atom is 0.422 e. The van der Waals surface area contributed by atoms with Gasteiger partial charge < -0.3 is 20.5 Å². The summed E-state index contributed by atoms with van der Waals surface area (Å²) >= 11 is 1.46. The minimum atomic E-state index is -4.42. The van der Waals surface area contributed by atoms with Gasteiger partial charge in [-0.3, -0.25) is 0 Å². The molecule has 2 rings (SSSR count). The molecule has 0 saturated heterocycles. The van der Waals surface area contributed by atoms with Crippen LogP contribution in [-0.4, -0.2) is 41.9 Å². The van der Waals surface area contributed by atoms with E-state index in [4.69, 9.17) is 0 Å². The smallest absolute Gasteiger partial charge is 0.422 e. The lowest BCUT2D eigenvalue weighted by molar-refractivity contribution is -0.154. The van der Waals surface area contributed by atoms with Crippen LogP contribution in [0.4, 0.5) is 13.2 Å². The van der Waals surface area contributed by atoms with Gasteiger partial charge in [-0.15, -0.1) is 35.3 Å². The topological polar surface area (TPSA) is 78.8 Å². The summed E-state index contributed by atoms with van der Waals surface area (Å²) < 4.78 is 41.4. The van der Waals surface area contributed by atoms with Gasteiger partial charge in [0, 0.05) is 23.7 Å². The zero-order valence-electron chi connectivity index (χ0n) is 16.0. The number of guanidine groups is 1. The van der Waals surface area contributed by atoms with E-state index in [-0.39, 0.29) is 42.9 Å². The largest absolute Gasteiger partial charge is 0.468 e. The Kier molecular flexibility index (Phi) is 10.1. The Bertz CT molecular complexity index is 771. The molecule has 0 fully saturated rings. The van der Waals surface area contributed by atoms with Crippen molar-refractivity contribution < 1.29 is 23.0 Å². The molecule has 1 atom stereocenters. The van der Waals surface area contributed by atoms with Crippen LogP contribution in [0.5, 0.6) is 5.88 Å². The second-order valence-corrected chi connectivity index (χ2v) is 7.15. The van der Waals surface area contributed by atoms with Crippen molar-refractivity contribution in [3.8, 4) is 5.88 Å². The van der Waals surface area contributed by atoms with Gasteiger partial charge in [0.15, 0.2) is 12.6 Å². The van der Waals surface area contributed by atoms with E-state index in [1.165, 1.54) is 23.6 Å². The quantitative estimate of drug-likeness (QED) is 0.269. The van der Waals surface area contributed by atoms with Gasteiger partial charge in [0.1, 0.15) is 5.60 Å². The van der Waals surface area contributed by atoms with Gasteiger partial charge in [0.05, 0.1) is 13.1 Å². The van der Waals surface area contributed by atoms with Crippen LogP contribution in [0.1, 0.15) is 24.3 Å². The van der Waals surface area contributed by atoms with Crippen molar-refractivity contribution in [1.82, 2.24) is 15.6 Å². The van der Waals surface area contributed by atoms with Crippen molar-refractivity contribution in [1.29, 1.82) is 0 Å². The third-order valence-corrected chi connectivity index (χ3v) is 4.72. The average molecular weight is 544 g/mol. The molecule has 2 aromatic rings. The van der Waals surface area contributed by atoms with Crippen molar-refractivity contribution in [3.05, 3.63) is 46.3 Å². The average Bonchev–Trinajstić information content (AvgIpc) is 3.18.